The van der Waals surface area contributed by atoms with Crippen LogP contribution in [0.5, 0.6) is 0 Å². The molecule has 79 heavy (non-hydrogen) atoms. The lowest BCUT2D eigenvalue weighted by Crippen LogP contribution is -2.64. The molecule has 0 unspecified atom stereocenters. The molecule has 0 aliphatic carbocycles. The highest BCUT2D eigenvalue weighted by molar-refractivity contribution is 5.98. The summed E-state index contributed by atoms with van der Waals surface area (Å²) in [6.45, 7) is 27.4. The summed E-state index contributed by atoms with van der Waals surface area (Å²) in [6.07, 6.45) is 3.53. The highest BCUT2D eigenvalue weighted by atomic mass is 16.5. The van der Waals surface area contributed by atoms with Gasteiger partial charge in [0.1, 0.15) is 54.4 Å². The number of carbonyl (C=O) groups excluding carboxylic acids is 10. The number of hydrogen-bond acceptors (Lipinski definition) is 13. The minimum atomic E-state index is -1.50. The zero-order valence-corrected chi connectivity index (χ0v) is 52.0. The van der Waals surface area contributed by atoms with Gasteiger partial charge in [0.05, 0.1) is 12.6 Å². The van der Waals surface area contributed by atoms with Gasteiger partial charge in [-0.05, 0) is 88.4 Å². The Hall–Kier alpha value is -5.64. The number of aliphatic hydroxyl groups is 1. The van der Waals surface area contributed by atoms with Gasteiger partial charge in [-0.1, -0.05) is 95.2 Å². The smallest absolute Gasteiger partial charge is 0.303 e. The van der Waals surface area contributed by atoms with Crippen LogP contribution in [0.25, 0.3) is 0 Å². The number of carbonyl (C=O) groups is 10. The van der Waals surface area contributed by atoms with Crippen molar-refractivity contribution < 1.29 is 57.8 Å². The summed E-state index contributed by atoms with van der Waals surface area (Å²) in [6, 6.07) is -10.2. The number of aliphatic hydroxyl groups excluding tert-OH is 1. The minimum Gasteiger partial charge on any atom is -0.459 e. The standard InChI is InChI=1S/C57H104N10O12/c1-23-25-26-37(13)48(79-40(16)69)47(51(72)61-41(24-2)53(74)62(17)27-28-68)67(22)57(78)46(36(11)12)66(21)55(76)44(31-34(7)8)65(20)54(75)43(30-33(5)6)64(19)52(73)39(15)60-49(70)38(14)59-50(71)42(29-32(3)4)63(18)56(77)45(58)35(9)10/h23,25,32-39,41-48,68H,24,26-31,58H2,1-22H3,(H,59,71)(H,60,70)(H,61,72)/b25-23+/t37-,38+,39-,41+,42+,43+,44+,45+,46+,47+,48-/m1/s1. The molecule has 22 heteroatoms. The number of nitrogens with zero attached hydrogens (tertiary/aromatic N) is 6. The Balaban J connectivity index is 7.16. The fourth-order valence-electron chi connectivity index (χ4n) is 9.38. The molecule has 0 aliphatic rings. The van der Waals surface area contributed by atoms with Crippen molar-refractivity contribution in [3.63, 3.8) is 0 Å². The third kappa shape index (κ3) is 22.1. The quantitative estimate of drug-likeness (QED) is 0.0468. The number of nitrogens with one attached hydrogen (secondary N) is 3. The molecule has 6 N–H and O–H groups in total. The van der Waals surface area contributed by atoms with E-state index in [-0.39, 0.29) is 56.1 Å². The van der Waals surface area contributed by atoms with Crippen LogP contribution in [0, 0.1) is 35.5 Å². The van der Waals surface area contributed by atoms with Gasteiger partial charge in [0, 0.05) is 55.8 Å². The Labute approximate surface area is 473 Å². The summed E-state index contributed by atoms with van der Waals surface area (Å²) in [4.78, 5) is 148. The molecule has 0 saturated heterocycles. The van der Waals surface area contributed by atoms with Gasteiger partial charge in [-0.2, -0.15) is 0 Å². The lowest BCUT2D eigenvalue weighted by atomic mass is 9.91. The second-order valence-corrected chi connectivity index (χ2v) is 23.4. The summed E-state index contributed by atoms with van der Waals surface area (Å²) >= 11 is 0. The summed E-state index contributed by atoms with van der Waals surface area (Å²) in [5, 5.41) is 17.6. The molecular formula is C57H104N10O12. The van der Waals surface area contributed by atoms with Crippen molar-refractivity contribution in [1.29, 1.82) is 0 Å². The van der Waals surface area contributed by atoms with Gasteiger partial charge in [0.25, 0.3) is 0 Å². The Kier molecular flexibility index (Phi) is 32.0. The molecular weight excluding hydrogens is 1020 g/mol. The van der Waals surface area contributed by atoms with Crippen LogP contribution >= 0.6 is 0 Å². The fourth-order valence-corrected chi connectivity index (χ4v) is 9.38. The van der Waals surface area contributed by atoms with E-state index in [1.54, 1.807) is 47.6 Å². The highest BCUT2D eigenvalue weighted by Gasteiger charge is 2.46. The predicted molar refractivity (Wildman–Crippen MR) is 305 cm³/mol. The molecule has 0 saturated carbocycles. The van der Waals surface area contributed by atoms with Gasteiger partial charge in [0.2, 0.25) is 53.2 Å². The minimum absolute atomic E-state index is 0.00760. The zero-order chi connectivity index (χ0) is 61.7. The zero-order valence-electron chi connectivity index (χ0n) is 52.0. The molecule has 0 aromatic carbocycles. The van der Waals surface area contributed by atoms with Crippen LogP contribution in [0.2, 0.25) is 0 Å². The predicted octanol–water partition coefficient (Wildman–Crippen LogP) is 2.79. The van der Waals surface area contributed by atoms with Crippen LogP contribution < -0.4 is 21.7 Å². The maximum absolute atomic E-state index is 15.1. The Morgan fingerprint density at radius 3 is 1.41 bits per heavy atom. The van der Waals surface area contributed by atoms with E-state index in [1.165, 1.54) is 87.6 Å². The molecule has 0 fully saturated rings. The molecule has 0 heterocycles. The largest absolute Gasteiger partial charge is 0.459 e. The first kappa shape index (κ1) is 73.4. The lowest BCUT2D eigenvalue weighted by molar-refractivity contribution is -0.164. The van der Waals surface area contributed by atoms with Crippen molar-refractivity contribution in [3.8, 4) is 0 Å². The van der Waals surface area contributed by atoms with Gasteiger partial charge in [-0.3, -0.25) is 47.9 Å². The lowest BCUT2D eigenvalue weighted by Gasteiger charge is -2.42. The van der Waals surface area contributed by atoms with Crippen LogP contribution in [0.4, 0.5) is 0 Å². The Morgan fingerprint density at radius 1 is 0.532 bits per heavy atom. The SMILES string of the molecule is C/C=C/C[C@@H](C)[C@@H](OC(C)=O)[C@@H](C(=O)N[C@@H](CC)C(=O)N(C)CCO)N(C)C(=O)[C@H](C(C)C)N(C)C(=O)[C@H](CC(C)C)N(C)C(=O)[C@H](CC(C)C)N(C)C(=O)[C@@H](C)NC(=O)[C@H](C)NC(=O)[C@H](CC(C)C)N(C)C(=O)[C@@H](N)C(C)C. The summed E-state index contributed by atoms with van der Waals surface area (Å²) in [5.74, 6) is -7.71. The average molecular weight is 1120 g/mol. The molecule has 0 radical (unpaired) electrons. The van der Waals surface area contributed by atoms with Crippen LogP contribution in [0.3, 0.4) is 0 Å². The number of likely N-dealkylation sites (N-methyl/N-ethyl adjacent to an activating group) is 6. The Bertz CT molecular complexity index is 2070. The maximum Gasteiger partial charge on any atom is 0.303 e. The van der Waals surface area contributed by atoms with Crippen LogP contribution in [-0.4, -0.2) is 210 Å². The van der Waals surface area contributed by atoms with Gasteiger partial charge in [-0.15, -0.1) is 0 Å². The molecule has 0 rings (SSSR count). The van der Waals surface area contributed by atoms with Gasteiger partial charge in [-0.25, -0.2) is 0 Å². The third-order valence-corrected chi connectivity index (χ3v) is 14.3. The van der Waals surface area contributed by atoms with Crippen LogP contribution in [-0.2, 0) is 52.7 Å². The third-order valence-electron chi connectivity index (χ3n) is 14.3. The van der Waals surface area contributed by atoms with E-state index in [0.29, 0.717) is 12.8 Å². The van der Waals surface area contributed by atoms with Crippen molar-refractivity contribution in [2.24, 2.45) is 41.2 Å². The molecule has 454 valence electrons. The van der Waals surface area contributed by atoms with E-state index in [1.807, 2.05) is 54.5 Å². The van der Waals surface area contributed by atoms with E-state index in [0.717, 1.165) is 4.90 Å². The van der Waals surface area contributed by atoms with Crippen LogP contribution in [0.15, 0.2) is 12.2 Å². The van der Waals surface area contributed by atoms with Crippen molar-refractivity contribution in [3.05, 3.63) is 12.2 Å². The molecule has 0 aromatic rings. The van der Waals surface area contributed by atoms with E-state index in [2.05, 4.69) is 16.0 Å². The monoisotopic (exact) mass is 1120 g/mol. The molecule has 0 spiro atoms. The van der Waals surface area contributed by atoms with E-state index in [4.69, 9.17) is 10.5 Å². The first-order valence-corrected chi connectivity index (χ1v) is 28.1. The summed E-state index contributed by atoms with van der Waals surface area (Å²) < 4.78 is 5.84. The fraction of sp³-hybridized carbons (Fsp3) is 0.789. The molecule has 11 atom stereocenters. The van der Waals surface area contributed by atoms with Gasteiger partial charge >= 0.3 is 5.97 Å². The number of hydrogen-bond donors (Lipinski definition) is 5. The first-order valence-electron chi connectivity index (χ1n) is 28.1. The van der Waals surface area contributed by atoms with E-state index >= 15 is 9.59 Å². The van der Waals surface area contributed by atoms with Crippen molar-refractivity contribution in [2.75, 3.05) is 55.4 Å². The van der Waals surface area contributed by atoms with E-state index in [9.17, 15) is 43.5 Å². The van der Waals surface area contributed by atoms with Gasteiger partial charge < -0.3 is 60.9 Å². The molecule has 0 aliphatic heterocycles. The normalized spacial score (nSPS) is 15.9. The topological polar surface area (TPSA) is 282 Å². The maximum atomic E-state index is 15.1. The number of ether oxygens (including phenoxy) is 1. The Morgan fingerprint density at radius 2 is 0.975 bits per heavy atom. The van der Waals surface area contributed by atoms with E-state index < -0.39 is 131 Å². The van der Waals surface area contributed by atoms with Crippen molar-refractivity contribution in [2.45, 2.75) is 203 Å². The number of rotatable bonds is 33. The summed E-state index contributed by atoms with van der Waals surface area (Å²) in [5.41, 5.74) is 6.14. The number of esters is 1. The van der Waals surface area contributed by atoms with Gasteiger partial charge in [0.15, 0.2) is 0 Å². The highest BCUT2D eigenvalue weighted by Crippen LogP contribution is 2.26. The molecule has 0 aromatic heterocycles. The van der Waals surface area contributed by atoms with Crippen molar-refractivity contribution >= 4 is 59.1 Å². The molecule has 22 nitrogen and oxygen atoms in total. The first-order chi connectivity index (χ1) is 36.5. The average Bonchev–Trinajstić information content (AvgIpc) is 3.36. The number of nitrogens with two attached hydrogens (primary N) is 1. The number of amides is 9. The second kappa shape index (κ2) is 34.5. The van der Waals surface area contributed by atoms with Crippen LogP contribution in [0.1, 0.15) is 143 Å². The summed E-state index contributed by atoms with van der Waals surface area (Å²) in [7, 11) is 8.72. The molecule has 9 amide bonds. The second-order valence-electron chi connectivity index (χ2n) is 23.4. The number of allylic oxidation sites excluding steroid dienone is 2. The molecule has 0 bridgehead atoms. The van der Waals surface area contributed by atoms with Crippen molar-refractivity contribution in [1.82, 2.24) is 45.3 Å².